The average Bonchev–Trinajstić information content (AvgIpc) is 3.80. The van der Waals surface area contributed by atoms with Crippen molar-refractivity contribution >= 4 is 86.0 Å². The van der Waals surface area contributed by atoms with Gasteiger partial charge in [-0.25, -0.2) is 9.97 Å². The van der Waals surface area contributed by atoms with Gasteiger partial charge in [0.2, 0.25) is 5.95 Å². The molecular weight excluding hydrogens is 617 g/mol. The minimum Gasteiger partial charge on any atom is -0.309 e. The molecule has 0 unspecified atom stereocenters. The fourth-order valence-corrected chi connectivity index (χ4v) is 8.89. The molecule has 11 aromatic rings. The summed E-state index contributed by atoms with van der Waals surface area (Å²) >= 11 is 1.78. The molecule has 0 aliphatic heterocycles. The Balaban J connectivity index is 1.29. The summed E-state index contributed by atoms with van der Waals surface area (Å²) in [7, 11) is 0. The van der Waals surface area contributed by atoms with Gasteiger partial charge in [0.1, 0.15) is 0 Å². The first-order chi connectivity index (χ1) is 24.3. The van der Waals surface area contributed by atoms with Gasteiger partial charge < -0.3 is 4.57 Å². The largest absolute Gasteiger partial charge is 0.309 e. The second-order valence-corrected chi connectivity index (χ2v) is 13.7. The molecule has 0 spiro atoms. The maximum Gasteiger partial charge on any atom is 0.235 e. The molecule has 0 saturated heterocycles. The lowest BCUT2D eigenvalue weighted by Gasteiger charge is -2.11. The van der Waals surface area contributed by atoms with Crippen molar-refractivity contribution in [3.63, 3.8) is 0 Å². The molecule has 4 nitrogen and oxygen atoms in total. The molecule has 5 heteroatoms. The minimum absolute atomic E-state index is 0.673. The molecule has 0 bridgehead atoms. The fraction of sp³-hybridized carbons (Fsp3) is 0. The molecule has 0 N–H and O–H groups in total. The van der Waals surface area contributed by atoms with Crippen molar-refractivity contribution < 1.29 is 0 Å². The van der Waals surface area contributed by atoms with Crippen LogP contribution in [0.2, 0.25) is 0 Å². The summed E-state index contributed by atoms with van der Waals surface area (Å²) in [5, 5.41) is 8.44. The Morgan fingerprint density at radius 1 is 0.429 bits per heavy atom. The number of hydrogen-bond acceptors (Lipinski definition) is 3. The van der Waals surface area contributed by atoms with E-state index in [9.17, 15) is 0 Å². The van der Waals surface area contributed by atoms with Gasteiger partial charge in [0, 0.05) is 42.9 Å². The van der Waals surface area contributed by atoms with E-state index in [1.807, 2.05) is 0 Å². The van der Waals surface area contributed by atoms with E-state index in [4.69, 9.17) is 9.97 Å². The third kappa shape index (κ3) is 3.85. The maximum atomic E-state index is 5.46. The van der Waals surface area contributed by atoms with Gasteiger partial charge in [-0.3, -0.25) is 4.57 Å². The van der Waals surface area contributed by atoms with Crippen molar-refractivity contribution in [1.29, 1.82) is 0 Å². The van der Waals surface area contributed by atoms with Crippen molar-refractivity contribution in [2.24, 2.45) is 0 Å². The van der Waals surface area contributed by atoms with Crippen molar-refractivity contribution in [3.05, 3.63) is 158 Å². The van der Waals surface area contributed by atoms with Crippen molar-refractivity contribution in [2.75, 3.05) is 0 Å². The summed E-state index contributed by atoms with van der Waals surface area (Å²) < 4.78 is 6.97. The van der Waals surface area contributed by atoms with Crippen LogP contribution in [0.15, 0.2) is 158 Å². The van der Waals surface area contributed by atoms with E-state index in [1.165, 1.54) is 42.5 Å². The smallest absolute Gasteiger partial charge is 0.235 e. The zero-order valence-electron chi connectivity index (χ0n) is 26.2. The van der Waals surface area contributed by atoms with Crippen LogP contribution in [0.3, 0.4) is 0 Å². The minimum atomic E-state index is 0.673. The Bertz CT molecular complexity index is 3100. The van der Waals surface area contributed by atoms with Crippen LogP contribution < -0.4 is 0 Å². The number of fused-ring (bicyclic) bond motifs is 10. The van der Waals surface area contributed by atoms with Crippen LogP contribution in [0.4, 0.5) is 0 Å². The molecule has 0 saturated carbocycles. The predicted octanol–water partition coefficient (Wildman–Crippen LogP) is 11.9. The molecule has 4 heterocycles. The molecule has 0 fully saturated rings. The van der Waals surface area contributed by atoms with Crippen molar-refractivity contribution in [2.45, 2.75) is 0 Å². The first kappa shape index (κ1) is 26.7. The lowest BCUT2D eigenvalue weighted by Crippen LogP contribution is -2.03. The zero-order valence-corrected chi connectivity index (χ0v) is 27.0. The van der Waals surface area contributed by atoms with E-state index in [0.717, 1.165) is 49.1 Å². The molecule has 0 atom stereocenters. The quantitative estimate of drug-likeness (QED) is 0.192. The Labute approximate surface area is 284 Å². The molecule has 0 aliphatic carbocycles. The average molecular weight is 643 g/mol. The Morgan fingerprint density at radius 2 is 1.02 bits per heavy atom. The van der Waals surface area contributed by atoms with Gasteiger partial charge in [-0.2, -0.15) is 0 Å². The van der Waals surface area contributed by atoms with Gasteiger partial charge in [0.25, 0.3) is 0 Å². The van der Waals surface area contributed by atoms with Crippen LogP contribution in [0.25, 0.3) is 97.6 Å². The summed E-state index contributed by atoms with van der Waals surface area (Å²) in [6.45, 7) is 0. The highest BCUT2D eigenvalue weighted by molar-refractivity contribution is 7.26. The van der Waals surface area contributed by atoms with Crippen LogP contribution in [-0.4, -0.2) is 19.1 Å². The fourth-order valence-electron chi connectivity index (χ4n) is 7.71. The molecule has 49 heavy (non-hydrogen) atoms. The van der Waals surface area contributed by atoms with Crippen LogP contribution in [0.5, 0.6) is 0 Å². The number of hydrogen-bond donors (Lipinski definition) is 0. The summed E-state index contributed by atoms with van der Waals surface area (Å²) in [4.78, 5) is 10.9. The summed E-state index contributed by atoms with van der Waals surface area (Å²) in [5.41, 5.74) is 8.67. The molecule has 4 aromatic heterocycles. The van der Waals surface area contributed by atoms with Gasteiger partial charge in [-0.05, 0) is 59.3 Å². The molecule has 0 amide bonds. The van der Waals surface area contributed by atoms with E-state index in [0.29, 0.717) is 5.95 Å². The Hall–Kier alpha value is -6.30. The SMILES string of the molecule is c1ccc(-c2nc(-n3c4ccccc4c4cc5c6ccccc6n(-c6ccccc6)c5cc43)nc3c2sc2cc4ccccc4cc23)cc1. The third-order valence-corrected chi connectivity index (χ3v) is 11.0. The number of rotatable bonds is 3. The third-order valence-electron chi connectivity index (χ3n) is 9.90. The van der Waals surface area contributed by atoms with Crippen LogP contribution in [0, 0.1) is 0 Å². The normalized spacial score (nSPS) is 12.1. The lowest BCUT2D eigenvalue weighted by atomic mass is 10.1. The Kier molecular flexibility index (Phi) is 5.51. The molecule has 0 radical (unpaired) electrons. The van der Waals surface area contributed by atoms with Gasteiger partial charge in [0.15, 0.2) is 0 Å². The second-order valence-electron chi connectivity index (χ2n) is 12.6. The molecule has 0 aliphatic rings. The highest BCUT2D eigenvalue weighted by atomic mass is 32.1. The van der Waals surface area contributed by atoms with Crippen molar-refractivity contribution in [1.82, 2.24) is 19.1 Å². The van der Waals surface area contributed by atoms with Gasteiger partial charge in [-0.1, -0.05) is 109 Å². The summed E-state index contributed by atoms with van der Waals surface area (Å²) in [6.07, 6.45) is 0. The van der Waals surface area contributed by atoms with Crippen LogP contribution in [-0.2, 0) is 0 Å². The lowest BCUT2D eigenvalue weighted by molar-refractivity contribution is 1.02. The number of benzene rings is 7. The summed E-state index contributed by atoms with van der Waals surface area (Å²) in [6, 6.07) is 56.4. The van der Waals surface area contributed by atoms with Gasteiger partial charge in [-0.15, -0.1) is 11.3 Å². The van der Waals surface area contributed by atoms with E-state index >= 15 is 0 Å². The zero-order chi connectivity index (χ0) is 32.1. The molecule has 7 aromatic carbocycles. The van der Waals surface area contributed by atoms with E-state index in [2.05, 4.69) is 167 Å². The van der Waals surface area contributed by atoms with Crippen molar-refractivity contribution in [3.8, 4) is 22.9 Å². The number of aromatic nitrogens is 4. The highest BCUT2D eigenvalue weighted by Gasteiger charge is 2.22. The van der Waals surface area contributed by atoms with Gasteiger partial charge >= 0.3 is 0 Å². The highest BCUT2D eigenvalue weighted by Crippen LogP contribution is 2.43. The number of para-hydroxylation sites is 3. The van der Waals surface area contributed by atoms with E-state index < -0.39 is 0 Å². The van der Waals surface area contributed by atoms with Gasteiger partial charge in [0.05, 0.1) is 38.0 Å². The van der Waals surface area contributed by atoms with Crippen LogP contribution in [0.1, 0.15) is 0 Å². The molecule has 228 valence electrons. The Morgan fingerprint density at radius 3 is 1.76 bits per heavy atom. The number of thiophene rings is 1. The number of nitrogens with zero attached hydrogens (tertiary/aromatic N) is 4. The summed E-state index contributed by atoms with van der Waals surface area (Å²) in [5.74, 6) is 0.673. The van der Waals surface area contributed by atoms with E-state index in [1.54, 1.807) is 11.3 Å². The predicted molar refractivity (Wildman–Crippen MR) is 207 cm³/mol. The molecule has 11 rings (SSSR count). The first-order valence-electron chi connectivity index (χ1n) is 16.5. The second kappa shape index (κ2) is 10.1. The van der Waals surface area contributed by atoms with Crippen LogP contribution >= 0.6 is 11.3 Å². The monoisotopic (exact) mass is 642 g/mol. The first-order valence-corrected chi connectivity index (χ1v) is 17.3. The van der Waals surface area contributed by atoms with E-state index in [-0.39, 0.29) is 0 Å². The standard InChI is InChI=1S/C44H26N4S/c1-3-13-27(14-4-1)41-43-42(35-23-28-15-7-8-16-29(28)24-40(35)49-43)46-44(45-41)48-37-22-12-10-20-32(37)34-25-33-31-19-9-11-21-36(31)47(38(33)26-39(34)48)30-17-5-2-6-18-30/h1-26H. The topological polar surface area (TPSA) is 35.6 Å². The maximum absolute atomic E-state index is 5.46. The molecular formula is C44H26N4S.